The van der Waals surface area contributed by atoms with Gasteiger partial charge in [0, 0.05) is 5.69 Å². The van der Waals surface area contributed by atoms with Gasteiger partial charge in [0.1, 0.15) is 0 Å². The van der Waals surface area contributed by atoms with Gasteiger partial charge < -0.3 is 10.1 Å². The molecule has 1 aromatic rings. The molecule has 0 saturated heterocycles. The minimum Gasteiger partial charge on any atom is -0.464 e. The van der Waals surface area contributed by atoms with Crippen molar-refractivity contribution in [2.75, 3.05) is 11.9 Å². The summed E-state index contributed by atoms with van der Waals surface area (Å²) < 4.78 is 4.80. The maximum Gasteiger partial charge on any atom is 0.338 e. The number of benzene rings is 1. The topological polar surface area (TPSA) is 38.3 Å². The third-order valence-electron chi connectivity index (χ3n) is 1.59. The van der Waals surface area contributed by atoms with Gasteiger partial charge in [-0.15, -0.1) is 12.6 Å². The van der Waals surface area contributed by atoms with Gasteiger partial charge in [0.2, 0.25) is 0 Å². The van der Waals surface area contributed by atoms with E-state index < -0.39 is 5.37 Å². The molecule has 0 bridgehead atoms. The zero-order chi connectivity index (χ0) is 10.4. The number of carbonyl (C=O) groups is 1. The number of carbonyl (C=O) groups excluding carboxylic acids is 1. The monoisotopic (exact) mass is 211 g/mol. The van der Waals surface area contributed by atoms with E-state index in [-0.39, 0.29) is 5.97 Å². The van der Waals surface area contributed by atoms with Crippen LogP contribution in [-0.2, 0) is 9.53 Å². The number of nitrogens with one attached hydrogen (secondary N) is 1. The molecule has 3 nitrogen and oxygen atoms in total. The summed E-state index contributed by atoms with van der Waals surface area (Å²) in [5.74, 6) is -0.361. The molecule has 0 amide bonds. The molecule has 0 aliphatic carbocycles. The fourth-order valence-corrected chi connectivity index (χ4v) is 1.20. The third kappa shape index (κ3) is 3.30. The van der Waals surface area contributed by atoms with Crippen LogP contribution in [0, 0.1) is 0 Å². The van der Waals surface area contributed by atoms with Crippen LogP contribution in [0.3, 0.4) is 0 Å². The van der Waals surface area contributed by atoms with Crippen molar-refractivity contribution in [3.8, 4) is 0 Å². The molecule has 1 atom stereocenters. The number of anilines is 1. The van der Waals surface area contributed by atoms with Crippen LogP contribution in [0.2, 0.25) is 0 Å². The van der Waals surface area contributed by atoms with E-state index in [9.17, 15) is 4.79 Å². The Bertz CT molecular complexity index is 289. The van der Waals surface area contributed by atoms with Gasteiger partial charge in [0.05, 0.1) is 6.61 Å². The van der Waals surface area contributed by atoms with Crippen LogP contribution in [0.1, 0.15) is 6.92 Å². The van der Waals surface area contributed by atoms with E-state index in [2.05, 4.69) is 17.9 Å². The first-order valence-electron chi connectivity index (χ1n) is 4.40. The highest BCUT2D eigenvalue weighted by Crippen LogP contribution is 2.09. The Hall–Kier alpha value is -1.16. The molecule has 0 fully saturated rings. The fraction of sp³-hybridized carbons (Fsp3) is 0.300. The maximum atomic E-state index is 11.2. The number of ether oxygens (including phenoxy) is 1. The van der Waals surface area contributed by atoms with Gasteiger partial charge in [-0.2, -0.15) is 0 Å². The average molecular weight is 211 g/mol. The summed E-state index contributed by atoms with van der Waals surface area (Å²) in [6.45, 7) is 2.13. The lowest BCUT2D eigenvalue weighted by Crippen LogP contribution is -2.25. The lowest BCUT2D eigenvalue weighted by Gasteiger charge is -2.12. The fourth-order valence-electron chi connectivity index (χ4n) is 0.972. The Morgan fingerprint density at radius 2 is 2.14 bits per heavy atom. The number of esters is 1. The molecule has 0 aromatic heterocycles. The predicted octanol–water partition coefficient (Wildman–Crippen LogP) is 1.92. The number of thiol groups is 1. The minimum atomic E-state index is -0.614. The second-order valence-electron chi connectivity index (χ2n) is 2.66. The third-order valence-corrected chi connectivity index (χ3v) is 1.93. The van der Waals surface area contributed by atoms with Gasteiger partial charge in [0.15, 0.2) is 5.37 Å². The largest absolute Gasteiger partial charge is 0.464 e. The molecular weight excluding hydrogens is 198 g/mol. The van der Waals surface area contributed by atoms with Crippen molar-refractivity contribution >= 4 is 24.3 Å². The molecule has 1 rings (SSSR count). The lowest BCUT2D eigenvalue weighted by molar-refractivity contribution is -0.141. The first kappa shape index (κ1) is 10.9. The molecule has 0 saturated carbocycles. The Labute approximate surface area is 88.9 Å². The smallest absolute Gasteiger partial charge is 0.338 e. The van der Waals surface area contributed by atoms with Crippen LogP contribution < -0.4 is 5.32 Å². The summed E-state index contributed by atoms with van der Waals surface area (Å²) in [7, 11) is 0. The van der Waals surface area contributed by atoms with Crippen LogP contribution >= 0.6 is 12.6 Å². The summed E-state index contributed by atoms with van der Waals surface area (Å²) >= 11 is 4.08. The highest BCUT2D eigenvalue weighted by atomic mass is 32.1. The van der Waals surface area contributed by atoms with Gasteiger partial charge in [0.25, 0.3) is 0 Å². The molecule has 0 aliphatic heterocycles. The molecule has 1 unspecified atom stereocenters. The highest BCUT2D eigenvalue weighted by molar-refractivity contribution is 7.81. The van der Waals surface area contributed by atoms with E-state index in [4.69, 9.17) is 4.74 Å². The Kier molecular flexibility index (Phi) is 4.32. The molecule has 0 spiro atoms. The Balaban J connectivity index is 2.49. The lowest BCUT2D eigenvalue weighted by atomic mass is 10.3. The molecule has 4 heteroatoms. The number of rotatable bonds is 4. The molecule has 1 aromatic carbocycles. The quantitative estimate of drug-likeness (QED) is 0.454. The molecule has 76 valence electrons. The van der Waals surface area contributed by atoms with E-state index in [1.807, 2.05) is 30.3 Å². The van der Waals surface area contributed by atoms with Crippen molar-refractivity contribution < 1.29 is 9.53 Å². The van der Waals surface area contributed by atoms with Crippen LogP contribution in [0.4, 0.5) is 5.69 Å². The number of hydrogen-bond donors (Lipinski definition) is 2. The van der Waals surface area contributed by atoms with Crippen molar-refractivity contribution in [3.05, 3.63) is 30.3 Å². The summed E-state index contributed by atoms with van der Waals surface area (Å²) in [5.41, 5.74) is 0.848. The van der Waals surface area contributed by atoms with Crippen LogP contribution in [0.5, 0.6) is 0 Å². The van der Waals surface area contributed by atoms with E-state index in [1.165, 1.54) is 0 Å². The first-order valence-corrected chi connectivity index (χ1v) is 4.92. The standard InChI is InChI=1S/C10H13NO2S/c1-2-13-10(12)9(14)11-8-6-4-3-5-7-8/h3-7,9,11,14H,2H2,1H3. The molecule has 0 heterocycles. The SMILES string of the molecule is CCOC(=O)C(S)Nc1ccccc1. The summed E-state index contributed by atoms with van der Waals surface area (Å²) in [4.78, 5) is 11.2. The zero-order valence-electron chi connectivity index (χ0n) is 7.93. The van der Waals surface area contributed by atoms with E-state index in [0.29, 0.717) is 6.61 Å². The maximum absolute atomic E-state index is 11.2. The van der Waals surface area contributed by atoms with E-state index in [0.717, 1.165) is 5.69 Å². The van der Waals surface area contributed by atoms with Gasteiger partial charge >= 0.3 is 5.97 Å². The summed E-state index contributed by atoms with van der Waals surface area (Å²) in [6.07, 6.45) is 0. The van der Waals surface area contributed by atoms with Crippen LogP contribution in [0.15, 0.2) is 30.3 Å². The van der Waals surface area contributed by atoms with E-state index >= 15 is 0 Å². The van der Waals surface area contributed by atoms with Crippen molar-refractivity contribution in [1.82, 2.24) is 0 Å². The van der Waals surface area contributed by atoms with Gasteiger partial charge in [-0.05, 0) is 19.1 Å². The number of hydrogen-bond acceptors (Lipinski definition) is 4. The van der Waals surface area contributed by atoms with Crippen LogP contribution in [0.25, 0.3) is 0 Å². The summed E-state index contributed by atoms with van der Waals surface area (Å²) in [6, 6.07) is 9.40. The van der Waals surface area contributed by atoms with E-state index in [1.54, 1.807) is 6.92 Å². The number of para-hydroxylation sites is 1. The average Bonchev–Trinajstić information content (AvgIpc) is 2.19. The van der Waals surface area contributed by atoms with Gasteiger partial charge in [-0.1, -0.05) is 18.2 Å². The van der Waals surface area contributed by atoms with Gasteiger partial charge in [-0.25, -0.2) is 4.79 Å². The second-order valence-corrected chi connectivity index (χ2v) is 3.18. The normalized spacial score (nSPS) is 11.9. The summed E-state index contributed by atoms with van der Waals surface area (Å²) in [5, 5.41) is 2.30. The first-order chi connectivity index (χ1) is 6.74. The van der Waals surface area contributed by atoms with Crippen molar-refractivity contribution in [3.63, 3.8) is 0 Å². The molecule has 0 aliphatic rings. The molecule has 14 heavy (non-hydrogen) atoms. The van der Waals surface area contributed by atoms with Crippen molar-refractivity contribution in [1.29, 1.82) is 0 Å². The van der Waals surface area contributed by atoms with Crippen molar-refractivity contribution in [2.24, 2.45) is 0 Å². The highest BCUT2D eigenvalue weighted by Gasteiger charge is 2.13. The molecule has 1 N–H and O–H groups in total. The molecule has 0 radical (unpaired) electrons. The van der Waals surface area contributed by atoms with Crippen molar-refractivity contribution in [2.45, 2.75) is 12.3 Å². The van der Waals surface area contributed by atoms with Gasteiger partial charge in [-0.3, -0.25) is 0 Å². The Morgan fingerprint density at radius 1 is 1.50 bits per heavy atom. The molecular formula is C10H13NO2S. The second kappa shape index (κ2) is 5.54. The Morgan fingerprint density at radius 3 is 2.71 bits per heavy atom. The van der Waals surface area contributed by atoms with Crippen LogP contribution in [-0.4, -0.2) is 18.0 Å². The predicted molar refractivity (Wildman–Crippen MR) is 59.5 cm³/mol. The zero-order valence-corrected chi connectivity index (χ0v) is 8.83. The minimum absolute atomic E-state index is 0.361.